The van der Waals surface area contributed by atoms with Gasteiger partial charge in [-0.2, -0.15) is 0 Å². The Labute approximate surface area is 199 Å². The van der Waals surface area contributed by atoms with E-state index in [4.69, 9.17) is 0 Å². The third-order valence-corrected chi connectivity index (χ3v) is 7.41. The van der Waals surface area contributed by atoms with Crippen molar-refractivity contribution in [3.05, 3.63) is 106 Å². The Hall–Kier alpha value is -2.93. The van der Waals surface area contributed by atoms with Gasteiger partial charge in [-0.1, -0.05) is 106 Å². The van der Waals surface area contributed by atoms with Crippen molar-refractivity contribution in [2.24, 2.45) is 0 Å². The summed E-state index contributed by atoms with van der Waals surface area (Å²) in [5.41, 5.74) is 10.1. The maximum absolute atomic E-state index is 12.7. The lowest BCUT2D eigenvalue weighted by Crippen LogP contribution is -2.33. The summed E-state index contributed by atoms with van der Waals surface area (Å²) in [4.78, 5) is 12.7. The highest BCUT2D eigenvalue weighted by Crippen LogP contribution is 2.46. The fourth-order valence-electron chi connectivity index (χ4n) is 4.93. The number of allylic oxidation sites excluding steroid dienone is 1. The normalized spacial score (nSPS) is 16.8. The van der Waals surface area contributed by atoms with Gasteiger partial charge in [0.2, 0.25) is 0 Å². The largest absolute Gasteiger partial charge is 0.294 e. The lowest BCUT2D eigenvalue weighted by Gasteiger charge is -2.42. The number of carbonyl (C=O) groups excluding carboxylic acids is 1. The second kappa shape index (κ2) is 8.78. The van der Waals surface area contributed by atoms with E-state index in [1.807, 2.05) is 24.3 Å². The van der Waals surface area contributed by atoms with Gasteiger partial charge in [0.1, 0.15) is 0 Å². The van der Waals surface area contributed by atoms with Crippen molar-refractivity contribution in [1.82, 2.24) is 0 Å². The highest BCUT2D eigenvalue weighted by molar-refractivity contribution is 5.97. The van der Waals surface area contributed by atoms with Crippen LogP contribution in [0.2, 0.25) is 0 Å². The molecule has 1 heteroatoms. The summed E-state index contributed by atoms with van der Waals surface area (Å²) in [5, 5.41) is 0. The number of hydrogen-bond acceptors (Lipinski definition) is 1. The molecule has 0 aliphatic heterocycles. The van der Waals surface area contributed by atoms with Crippen LogP contribution >= 0.6 is 0 Å². The molecule has 1 aliphatic rings. The van der Waals surface area contributed by atoms with Gasteiger partial charge in [-0.05, 0) is 70.9 Å². The van der Waals surface area contributed by atoms with E-state index in [9.17, 15) is 4.79 Å². The van der Waals surface area contributed by atoms with Gasteiger partial charge in [0, 0.05) is 12.0 Å². The Morgan fingerprint density at radius 2 is 1.36 bits per heavy atom. The number of fused-ring (bicyclic) bond motifs is 1. The molecule has 0 N–H and O–H groups in total. The molecule has 0 unspecified atom stereocenters. The van der Waals surface area contributed by atoms with Crippen LogP contribution in [0.4, 0.5) is 0 Å². The number of benzene rings is 3. The SMILES string of the molecule is C/C(=C\c1ccc(C(=O)Cc2ccc(C)cc2)cc1)c1ccc2c(c1)C(C)(C)CCC2(C)C. The Bertz CT molecular complexity index is 1190. The van der Waals surface area contributed by atoms with E-state index >= 15 is 0 Å². The predicted octanol–water partition coefficient (Wildman–Crippen LogP) is 8.33. The minimum atomic E-state index is 0.158. The zero-order valence-electron chi connectivity index (χ0n) is 21.0. The first-order chi connectivity index (χ1) is 15.5. The van der Waals surface area contributed by atoms with Crippen LogP contribution in [0.25, 0.3) is 11.6 Å². The van der Waals surface area contributed by atoms with Crippen molar-refractivity contribution in [3.63, 3.8) is 0 Å². The van der Waals surface area contributed by atoms with Gasteiger partial charge in [0.25, 0.3) is 0 Å². The van der Waals surface area contributed by atoms with E-state index in [-0.39, 0.29) is 16.6 Å². The summed E-state index contributed by atoms with van der Waals surface area (Å²) in [7, 11) is 0. The Morgan fingerprint density at radius 1 is 0.788 bits per heavy atom. The van der Waals surface area contributed by atoms with Crippen LogP contribution < -0.4 is 0 Å². The van der Waals surface area contributed by atoms with Crippen LogP contribution in [0, 0.1) is 6.92 Å². The van der Waals surface area contributed by atoms with Gasteiger partial charge in [-0.15, -0.1) is 0 Å². The summed E-state index contributed by atoms with van der Waals surface area (Å²) in [6, 6.07) is 23.2. The molecule has 0 fully saturated rings. The van der Waals surface area contributed by atoms with Crippen LogP contribution in [0.5, 0.6) is 0 Å². The number of Topliss-reactive ketones (excluding diaryl/α,β-unsaturated/α-hetero) is 1. The van der Waals surface area contributed by atoms with Crippen molar-refractivity contribution >= 4 is 17.4 Å². The number of carbonyl (C=O) groups is 1. The van der Waals surface area contributed by atoms with Crippen molar-refractivity contribution in [2.45, 2.75) is 71.6 Å². The number of ketones is 1. The molecule has 0 aromatic heterocycles. The molecule has 0 atom stereocenters. The van der Waals surface area contributed by atoms with Crippen LogP contribution in [0.15, 0.2) is 66.7 Å². The zero-order valence-corrected chi connectivity index (χ0v) is 21.0. The maximum atomic E-state index is 12.7. The van der Waals surface area contributed by atoms with Crippen LogP contribution in [-0.4, -0.2) is 5.78 Å². The van der Waals surface area contributed by atoms with Crippen molar-refractivity contribution in [2.75, 3.05) is 0 Å². The van der Waals surface area contributed by atoms with Crippen molar-refractivity contribution in [1.29, 1.82) is 0 Å². The smallest absolute Gasteiger partial charge is 0.167 e. The fraction of sp³-hybridized carbons (Fsp3) is 0.344. The average molecular weight is 437 g/mol. The molecule has 170 valence electrons. The molecule has 0 saturated carbocycles. The molecule has 0 saturated heterocycles. The standard InChI is InChI=1S/C32H36O/c1-22-7-9-25(10-8-22)20-30(33)26-13-11-24(12-14-26)19-23(2)27-15-16-28-29(21-27)32(5,6)18-17-31(28,3)4/h7-16,19,21H,17-18,20H2,1-6H3/b23-19+. The maximum Gasteiger partial charge on any atom is 0.167 e. The van der Waals surface area contributed by atoms with Gasteiger partial charge < -0.3 is 0 Å². The van der Waals surface area contributed by atoms with Crippen LogP contribution in [-0.2, 0) is 17.3 Å². The molecule has 0 heterocycles. The van der Waals surface area contributed by atoms with Crippen LogP contribution in [0.3, 0.4) is 0 Å². The van der Waals surface area contributed by atoms with Crippen LogP contribution in [0.1, 0.15) is 91.2 Å². The van der Waals surface area contributed by atoms with Crippen molar-refractivity contribution in [3.8, 4) is 0 Å². The second-order valence-electron chi connectivity index (χ2n) is 11.1. The molecule has 0 spiro atoms. The molecule has 1 aliphatic carbocycles. The summed E-state index contributed by atoms with van der Waals surface area (Å²) >= 11 is 0. The average Bonchev–Trinajstić information content (AvgIpc) is 2.79. The Balaban J connectivity index is 1.53. The van der Waals surface area contributed by atoms with E-state index in [1.165, 1.54) is 40.7 Å². The minimum absolute atomic E-state index is 0.158. The first-order valence-electron chi connectivity index (χ1n) is 12.1. The van der Waals surface area contributed by atoms with Gasteiger partial charge in [0.15, 0.2) is 5.78 Å². The molecule has 3 aromatic carbocycles. The lowest BCUT2D eigenvalue weighted by atomic mass is 9.63. The number of aryl methyl sites for hydroxylation is 1. The molecule has 3 aromatic rings. The summed E-state index contributed by atoms with van der Waals surface area (Å²) < 4.78 is 0. The Kier molecular flexibility index (Phi) is 6.18. The quantitative estimate of drug-likeness (QED) is 0.290. The third kappa shape index (κ3) is 5.03. The zero-order chi connectivity index (χ0) is 23.8. The topological polar surface area (TPSA) is 17.1 Å². The summed E-state index contributed by atoms with van der Waals surface area (Å²) in [5.74, 6) is 0.158. The number of hydrogen-bond donors (Lipinski definition) is 0. The van der Waals surface area contributed by atoms with E-state index in [2.05, 4.69) is 90.1 Å². The molecule has 33 heavy (non-hydrogen) atoms. The molecular weight excluding hydrogens is 400 g/mol. The van der Waals surface area contributed by atoms with Gasteiger partial charge in [-0.3, -0.25) is 4.79 Å². The Morgan fingerprint density at radius 3 is 2.00 bits per heavy atom. The van der Waals surface area contributed by atoms with E-state index in [0.717, 1.165) is 16.7 Å². The van der Waals surface area contributed by atoms with Gasteiger partial charge in [0.05, 0.1) is 0 Å². The van der Waals surface area contributed by atoms with Crippen molar-refractivity contribution < 1.29 is 4.79 Å². The summed E-state index contributed by atoms with van der Waals surface area (Å²) in [6.07, 6.45) is 5.11. The monoisotopic (exact) mass is 436 g/mol. The summed E-state index contributed by atoms with van der Waals surface area (Å²) in [6.45, 7) is 13.7. The lowest BCUT2D eigenvalue weighted by molar-refractivity contribution is 0.0993. The molecule has 0 amide bonds. The molecule has 0 radical (unpaired) electrons. The highest BCUT2D eigenvalue weighted by Gasteiger charge is 2.36. The number of rotatable bonds is 5. The van der Waals surface area contributed by atoms with Gasteiger partial charge in [-0.25, -0.2) is 0 Å². The predicted molar refractivity (Wildman–Crippen MR) is 141 cm³/mol. The molecule has 4 rings (SSSR count). The van der Waals surface area contributed by atoms with Gasteiger partial charge >= 0.3 is 0 Å². The second-order valence-corrected chi connectivity index (χ2v) is 11.1. The third-order valence-electron chi connectivity index (χ3n) is 7.41. The minimum Gasteiger partial charge on any atom is -0.294 e. The highest BCUT2D eigenvalue weighted by atomic mass is 16.1. The molecular formula is C32H36O. The van der Waals surface area contributed by atoms with E-state index in [0.29, 0.717) is 6.42 Å². The van der Waals surface area contributed by atoms with E-state index < -0.39 is 0 Å². The first kappa shape index (κ1) is 23.2. The molecule has 1 nitrogen and oxygen atoms in total. The molecule has 0 bridgehead atoms. The fourth-order valence-corrected chi connectivity index (χ4v) is 4.93. The van der Waals surface area contributed by atoms with E-state index in [1.54, 1.807) is 0 Å². The first-order valence-corrected chi connectivity index (χ1v) is 12.1.